The molecule has 3 aromatic rings. The molecule has 1 aromatic carbocycles. The fourth-order valence-corrected chi connectivity index (χ4v) is 4.48. The fourth-order valence-electron chi connectivity index (χ4n) is 4.48. The number of ether oxygens (including phenoxy) is 1. The molecular formula is C24H29N5O2. The number of rotatable bonds is 6. The van der Waals surface area contributed by atoms with E-state index < -0.39 is 0 Å². The highest BCUT2D eigenvalue weighted by Gasteiger charge is 2.25. The molecule has 0 aliphatic heterocycles. The van der Waals surface area contributed by atoms with Gasteiger partial charge in [0.15, 0.2) is 5.69 Å². The lowest BCUT2D eigenvalue weighted by atomic mass is 9.79. The van der Waals surface area contributed by atoms with E-state index in [0.717, 1.165) is 36.9 Å². The summed E-state index contributed by atoms with van der Waals surface area (Å²) in [6.07, 6.45) is 6.40. The lowest BCUT2D eigenvalue weighted by Gasteiger charge is -2.29. The number of aromatic nitrogens is 4. The molecule has 0 radical (unpaired) electrons. The minimum absolute atomic E-state index is 0.153. The van der Waals surface area contributed by atoms with Gasteiger partial charge in [-0.25, -0.2) is 4.68 Å². The van der Waals surface area contributed by atoms with Gasteiger partial charge < -0.3 is 10.1 Å². The Morgan fingerprint density at radius 2 is 1.97 bits per heavy atom. The predicted octanol–water partition coefficient (Wildman–Crippen LogP) is 3.90. The molecule has 7 nitrogen and oxygen atoms in total. The number of hydrogen-bond donors (Lipinski definition) is 1. The lowest BCUT2D eigenvalue weighted by Crippen LogP contribution is -2.32. The van der Waals surface area contributed by atoms with Crippen molar-refractivity contribution in [1.29, 1.82) is 0 Å². The van der Waals surface area contributed by atoms with Crippen LogP contribution in [0, 0.1) is 12.8 Å². The number of nitrogens with one attached hydrogen (secondary N) is 1. The van der Waals surface area contributed by atoms with E-state index in [1.807, 2.05) is 37.4 Å². The van der Waals surface area contributed by atoms with E-state index in [-0.39, 0.29) is 5.91 Å². The Labute approximate surface area is 182 Å². The monoisotopic (exact) mass is 419 g/mol. The van der Waals surface area contributed by atoms with Crippen molar-refractivity contribution in [3.8, 4) is 17.0 Å². The average molecular weight is 420 g/mol. The summed E-state index contributed by atoms with van der Waals surface area (Å²) in [6.45, 7) is 2.70. The first-order valence-electron chi connectivity index (χ1n) is 10.8. The van der Waals surface area contributed by atoms with Gasteiger partial charge in [-0.15, -0.1) is 5.10 Å². The number of amides is 1. The summed E-state index contributed by atoms with van der Waals surface area (Å²) in [5.41, 5.74) is 4.20. The standard InChI is InChI=1S/C24H29N5O2/c1-16-14-19(12-13-25-16)18-10-8-17(9-11-18)15-26-24(30)23-22(27-28-29(23)2)20-6-4-5-7-21(20)31-3/h4-7,12-14,17-18H,8-11,15H2,1-3H3,(H,26,30). The third-order valence-electron chi connectivity index (χ3n) is 6.19. The third-order valence-corrected chi connectivity index (χ3v) is 6.19. The van der Waals surface area contributed by atoms with Crippen molar-refractivity contribution in [2.24, 2.45) is 13.0 Å². The molecule has 1 N–H and O–H groups in total. The van der Waals surface area contributed by atoms with Gasteiger partial charge in [-0.2, -0.15) is 0 Å². The largest absolute Gasteiger partial charge is 0.496 e. The van der Waals surface area contributed by atoms with Gasteiger partial charge >= 0.3 is 0 Å². The zero-order valence-electron chi connectivity index (χ0n) is 18.3. The summed E-state index contributed by atoms with van der Waals surface area (Å²) in [5, 5.41) is 11.4. The summed E-state index contributed by atoms with van der Waals surface area (Å²) >= 11 is 0. The van der Waals surface area contributed by atoms with Gasteiger partial charge in [0.25, 0.3) is 5.91 Å². The summed E-state index contributed by atoms with van der Waals surface area (Å²) in [5.74, 6) is 1.59. The summed E-state index contributed by atoms with van der Waals surface area (Å²) in [7, 11) is 3.35. The van der Waals surface area contributed by atoms with Gasteiger partial charge in [0.1, 0.15) is 11.4 Å². The van der Waals surface area contributed by atoms with Crippen LogP contribution in [0.25, 0.3) is 11.3 Å². The van der Waals surface area contributed by atoms with Crippen molar-refractivity contribution in [1.82, 2.24) is 25.3 Å². The molecule has 31 heavy (non-hydrogen) atoms. The van der Waals surface area contributed by atoms with E-state index in [0.29, 0.717) is 35.5 Å². The molecule has 2 aromatic heterocycles. The van der Waals surface area contributed by atoms with Crippen LogP contribution in [0.3, 0.4) is 0 Å². The van der Waals surface area contributed by atoms with Crippen LogP contribution in [-0.2, 0) is 7.05 Å². The van der Waals surface area contributed by atoms with Crippen molar-refractivity contribution < 1.29 is 9.53 Å². The minimum atomic E-state index is -0.153. The highest BCUT2D eigenvalue weighted by atomic mass is 16.5. The Hall–Kier alpha value is -3.22. The molecule has 1 amide bonds. The van der Waals surface area contributed by atoms with Gasteiger partial charge in [-0.3, -0.25) is 9.78 Å². The molecule has 162 valence electrons. The van der Waals surface area contributed by atoms with Crippen molar-refractivity contribution in [3.05, 3.63) is 59.5 Å². The molecule has 1 fully saturated rings. The lowest BCUT2D eigenvalue weighted by molar-refractivity contribution is 0.0934. The molecule has 1 aliphatic carbocycles. The number of carbonyl (C=O) groups excluding carboxylic acids is 1. The quantitative estimate of drug-likeness (QED) is 0.655. The van der Waals surface area contributed by atoms with Crippen molar-refractivity contribution >= 4 is 5.91 Å². The molecule has 1 aliphatic rings. The van der Waals surface area contributed by atoms with Crippen LogP contribution in [0.4, 0.5) is 0 Å². The molecule has 0 spiro atoms. The van der Waals surface area contributed by atoms with E-state index in [2.05, 4.69) is 32.7 Å². The third kappa shape index (κ3) is 4.60. The zero-order valence-corrected chi connectivity index (χ0v) is 18.3. The van der Waals surface area contributed by atoms with Gasteiger partial charge in [-0.05, 0) is 74.3 Å². The number of benzene rings is 1. The van der Waals surface area contributed by atoms with Crippen LogP contribution in [0.5, 0.6) is 5.75 Å². The van der Waals surface area contributed by atoms with Crippen LogP contribution < -0.4 is 10.1 Å². The van der Waals surface area contributed by atoms with Crippen LogP contribution in [-0.4, -0.2) is 39.5 Å². The molecular weight excluding hydrogens is 390 g/mol. The van der Waals surface area contributed by atoms with E-state index in [4.69, 9.17) is 4.74 Å². The summed E-state index contributed by atoms with van der Waals surface area (Å²) in [6, 6.07) is 11.9. The first-order chi connectivity index (χ1) is 15.1. The Morgan fingerprint density at radius 1 is 1.19 bits per heavy atom. The van der Waals surface area contributed by atoms with Gasteiger partial charge in [0, 0.05) is 31.0 Å². The summed E-state index contributed by atoms with van der Waals surface area (Å²) < 4.78 is 6.97. The topological polar surface area (TPSA) is 81.9 Å². The van der Waals surface area contributed by atoms with E-state index >= 15 is 0 Å². The Balaban J connectivity index is 1.39. The SMILES string of the molecule is COc1ccccc1-c1nnn(C)c1C(=O)NCC1CCC(c2ccnc(C)c2)CC1. The number of methoxy groups -OCH3 is 1. The van der Waals surface area contributed by atoms with Gasteiger partial charge in [0.2, 0.25) is 0 Å². The Morgan fingerprint density at radius 3 is 2.71 bits per heavy atom. The second-order valence-electron chi connectivity index (χ2n) is 8.27. The van der Waals surface area contributed by atoms with E-state index in [1.54, 1.807) is 14.2 Å². The molecule has 0 saturated heterocycles. The van der Waals surface area contributed by atoms with Crippen molar-refractivity contribution in [2.75, 3.05) is 13.7 Å². The smallest absolute Gasteiger partial charge is 0.271 e. The minimum Gasteiger partial charge on any atom is -0.496 e. The first kappa shape index (κ1) is 21.0. The van der Waals surface area contributed by atoms with Gasteiger partial charge in [-0.1, -0.05) is 17.3 Å². The maximum absolute atomic E-state index is 13.0. The number of pyridine rings is 1. The van der Waals surface area contributed by atoms with Crippen molar-refractivity contribution in [3.63, 3.8) is 0 Å². The number of aryl methyl sites for hydroxylation is 2. The number of para-hydroxylation sites is 1. The zero-order chi connectivity index (χ0) is 21.8. The molecule has 1 saturated carbocycles. The second-order valence-corrected chi connectivity index (χ2v) is 8.27. The van der Waals surface area contributed by atoms with Gasteiger partial charge in [0.05, 0.1) is 7.11 Å². The molecule has 7 heteroatoms. The number of nitrogens with zero attached hydrogens (tertiary/aromatic N) is 4. The number of hydrogen-bond acceptors (Lipinski definition) is 5. The highest BCUT2D eigenvalue weighted by molar-refractivity contribution is 5.98. The summed E-state index contributed by atoms with van der Waals surface area (Å²) in [4.78, 5) is 17.3. The van der Waals surface area contributed by atoms with Crippen LogP contribution >= 0.6 is 0 Å². The second kappa shape index (κ2) is 9.29. The number of carbonyl (C=O) groups is 1. The molecule has 0 atom stereocenters. The Kier molecular flexibility index (Phi) is 6.30. The van der Waals surface area contributed by atoms with E-state index in [9.17, 15) is 4.79 Å². The molecule has 0 unspecified atom stereocenters. The molecule has 4 rings (SSSR count). The van der Waals surface area contributed by atoms with Crippen LogP contribution in [0.15, 0.2) is 42.6 Å². The van der Waals surface area contributed by atoms with Crippen LogP contribution in [0.1, 0.15) is 53.3 Å². The van der Waals surface area contributed by atoms with Crippen LogP contribution in [0.2, 0.25) is 0 Å². The van der Waals surface area contributed by atoms with Crippen molar-refractivity contribution in [2.45, 2.75) is 38.5 Å². The Bertz CT molecular complexity index is 1050. The first-order valence-corrected chi connectivity index (χ1v) is 10.8. The average Bonchev–Trinajstić information content (AvgIpc) is 3.19. The maximum Gasteiger partial charge on any atom is 0.271 e. The molecule has 2 heterocycles. The normalized spacial score (nSPS) is 18.5. The molecule has 0 bridgehead atoms. The predicted molar refractivity (Wildman–Crippen MR) is 119 cm³/mol. The van der Waals surface area contributed by atoms with E-state index in [1.165, 1.54) is 10.2 Å². The fraction of sp³-hybridized carbons (Fsp3) is 0.417. The maximum atomic E-state index is 13.0. The highest BCUT2D eigenvalue weighted by Crippen LogP contribution is 2.35.